The van der Waals surface area contributed by atoms with Gasteiger partial charge in [-0.2, -0.15) is 0 Å². The van der Waals surface area contributed by atoms with Crippen LogP contribution in [-0.2, 0) is 6.54 Å². The molecular weight excluding hydrogens is 224 g/mol. The van der Waals surface area contributed by atoms with Crippen molar-refractivity contribution >= 4 is 0 Å². The van der Waals surface area contributed by atoms with Gasteiger partial charge in [0.2, 0.25) is 0 Å². The van der Waals surface area contributed by atoms with Crippen LogP contribution in [-0.4, -0.2) is 21.1 Å². The average molecular weight is 244 g/mol. The molecule has 0 aromatic carbocycles. The highest BCUT2D eigenvalue weighted by molar-refractivity contribution is 5.26. The maximum atomic E-state index is 4.51. The molecule has 1 unspecified atom stereocenters. The molecule has 2 heterocycles. The monoisotopic (exact) mass is 244 g/mol. The lowest BCUT2D eigenvalue weighted by Gasteiger charge is -2.19. The first-order chi connectivity index (χ1) is 8.77. The number of nitrogens with one attached hydrogen (secondary N) is 1. The van der Waals surface area contributed by atoms with Gasteiger partial charge in [0.05, 0.1) is 5.69 Å². The van der Waals surface area contributed by atoms with E-state index in [4.69, 9.17) is 0 Å². The van der Waals surface area contributed by atoms with E-state index < -0.39 is 0 Å². The highest BCUT2D eigenvalue weighted by Crippen LogP contribution is 2.21. The number of rotatable bonds is 5. The Kier molecular flexibility index (Phi) is 4.10. The summed E-state index contributed by atoms with van der Waals surface area (Å²) in [6.45, 7) is 8.12. The summed E-state index contributed by atoms with van der Waals surface area (Å²) in [5.41, 5.74) is 2.24. The maximum Gasteiger partial charge on any atom is 0.132 e. The van der Waals surface area contributed by atoms with Gasteiger partial charge < -0.3 is 9.88 Å². The third-order valence-electron chi connectivity index (χ3n) is 3.08. The van der Waals surface area contributed by atoms with Crippen molar-refractivity contribution in [1.29, 1.82) is 0 Å². The number of hydrogen-bond acceptors (Lipinski definition) is 3. The summed E-state index contributed by atoms with van der Waals surface area (Å²) in [5.74, 6) is 1.03. The van der Waals surface area contributed by atoms with Crippen LogP contribution in [0.1, 0.15) is 37.0 Å². The van der Waals surface area contributed by atoms with Gasteiger partial charge in [0.1, 0.15) is 11.9 Å². The number of hydrogen-bond donors (Lipinski definition) is 1. The van der Waals surface area contributed by atoms with E-state index in [0.717, 1.165) is 24.6 Å². The van der Waals surface area contributed by atoms with Gasteiger partial charge >= 0.3 is 0 Å². The summed E-state index contributed by atoms with van der Waals surface area (Å²) in [4.78, 5) is 9.00. The summed E-state index contributed by atoms with van der Waals surface area (Å²) >= 11 is 0. The molecule has 0 aliphatic heterocycles. The molecule has 2 aromatic heterocycles. The van der Waals surface area contributed by atoms with Gasteiger partial charge in [0.15, 0.2) is 0 Å². The smallest absolute Gasteiger partial charge is 0.132 e. The number of nitrogens with zero attached hydrogens (tertiary/aromatic N) is 3. The summed E-state index contributed by atoms with van der Waals surface area (Å²) in [7, 11) is 0. The van der Waals surface area contributed by atoms with Crippen molar-refractivity contribution in [2.24, 2.45) is 0 Å². The third kappa shape index (κ3) is 2.43. The Bertz CT molecular complexity index is 504. The predicted octanol–water partition coefficient (Wildman–Crippen LogP) is 2.31. The Labute approximate surface area is 108 Å². The highest BCUT2D eigenvalue weighted by atomic mass is 15.1. The van der Waals surface area contributed by atoms with Crippen molar-refractivity contribution in [3.63, 3.8) is 0 Å². The average Bonchev–Trinajstić information content (AvgIpc) is 2.85. The second-order valence-electron chi connectivity index (χ2n) is 4.27. The third-order valence-corrected chi connectivity index (χ3v) is 3.08. The topological polar surface area (TPSA) is 42.7 Å². The van der Waals surface area contributed by atoms with Gasteiger partial charge in [-0.15, -0.1) is 0 Å². The van der Waals surface area contributed by atoms with Gasteiger partial charge in [-0.25, -0.2) is 4.98 Å². The summed E-state index contributed by atoms with van der Waals surface area (Å²) in [6.07, 6.45) is 5.70. The van der Waals surface area contributed by atoms with E-state index in [1.54, 1.807) is 0 Å². The van der Waals surface area contributed by atoms with Crippen LogP contribution in [0.25, 0.3) is 0 Å². The minimum Gasteiger partial charge on any atom is -0.334 e. The van der Waals surface area contributed by atoms with E-state index >= 15 is 0 Å². The molecule has 4 nitrogen and oxygen atoms in total. The van der Waals surface area contributed by atoms with Crippen molar-refractivity contribution in [2.75, 3.05) is 6.54 Å². The van der Waals surface area contributed by atoms with E-state index in [9.17, 15) is 0 Å². The number of pyridine rings is 1. The summed E-state index contributed by atoms with van der Waals surface area (Å²) in [5, 5.41) is 3.47. The van der Waals surface area contributed by atoms with Crippen LogP contribution in [0, 0.1) is 6.92 Å². The van der Waals surface area contributed by atoms with Crippen molar-refractivity contribution in [3.8, 4) is 0 Å². The molecule has 1 N–H and O–H groups in total. The summed E-state index contributed by atoms with van der Waals surface area (Å²) in [6, 6.07) is 4.12. The van der Waals surface area contributed by atoms with E-state index in [-0.39, 0.29) is 6.04 Å². The van der Waals surface area contributed by atoms with Gasteiger partial charge in [0, 0.05) is 25.1 Å². The Morgan fingerprint density at radius 3 is 2.78 bits per heavy atom. The van der Waals surface area contributed by atoms with Gasteiger partial charge in [0.25, 0.3) is 0 Å². The Morgan fingerprint density at radius 1 is 1.28 bits per heavy atom. The molecule has 1 atom stereocenters. The van der Waals surface area contributed by atoms with Gasteiger partial charge in [-0.05, 0) is 32.0 Å². The Balaban J connectivity index is 2.43. The fraction of sp³-hybridized carbons (Fsp3) is 0.429. The molecule has 2 aromatic rings. The standard InChI is InChI=1S/C14H20N4/c1-4-15-13(12-11(3)7-6-8-16-12)14-17-9-10-18(14)5-2/h6-10,13,15H,4-5H2,1-3H3. The van der Waals surface area contributed by atoms with Crippen LogP contribution in [0.3, 0.4) is 0 Å². The van der Waals surface area contributed by atoms with Crippen molar-refractivity contribution < 1.29 is 0 Å². The first-order valence-corrected chi connectivity index (χ1v) is 6.43. The molecule has 18 heavy (non-hydrogen) atoms. The molecule has 0 radical (unpaired) electrons. The zero-order chi connectivity index (χ0) is 13.0. The lowest BCUT2D eigenvalue weighted by atomic mass is 10.1. The molecule has 0 bridgehead atoms. The number of imidazole rings is 1. The molecular formula is C14H20N4. The summed E-state index contributed by atoms with van der Waals surface area (Å²) < 4.78 is 2.15. The van der Waals surface area contributed by atoms with Crippen LogP contribution in [0.15, 0.2) is 30.7 Å². The maximum absolute atomic E-state index is 4.51. The lowest BCUT2D eigenvalue weighted by molar-refractivity contribution is 0.546. The van der Waals surface area contributed by atoms with Crippen LogP contribution in [0.2, 0.25) is 0 Å². The molecule has 2 rings (SSSR count). The highest BCUT2D eigenvalue weighted by Gasteiger charge is 2.20. The lowest BCUT2D eigenvalue weighted by Crippen LogP contribution is -2.26. The molecule has 0 fully saturated rings. The van der Waals surface area contributed by atoms with E-state index in [1.165, 1.54) is 5.56 Å². The molecule has 0 spiro atoms. The van der Waals surface area contributed by atoms with Crippen molar-refractivity contribution in [3.05, 3.63) is 47.8 Å². The minimum atomic E-state index is 0.0612. The van der Waals surface area contributed by atoms with Gasteiger partial charge in [-0.3, -0.25) is 4.98 Å². The van der Waals surface area contributed by atoms with Crippen molar-refractivity contribution in [1.82, 2.24) is 19.9 Å². The molecule has 0 aliphatic carbocycles. The number of aryl methyl sites for hydroxylation is 2. The van der Waals surface area contributed by atoms with E-state index in [0.29, 0.717) is 0 Å². The fourth-order valence-electron chi connectivity index (χ4n) is 2.16. The molecule has 0 amide bonds. The normalized spacial score (nSPS) is 12.6. The first-order valence-electron chi connectivity index (χ1n) is 6.43. The fourth-order valence-corrected chi connectivity index (χ4v) is 2.16. The zero-order valence-corrected chi connectivity index (χ0v) is 11.2. The van der Waals surface area contributed by atoms with Gasteiger partial charge in [-0.1, -0.05) is 13.0 Å². The van der Waals surface area contributed by atoms with Crippen LogP contribution in [0.4, 0.5) is 0 Å². The van der Waals surface area contributed by atoms with Crippen LogP contribution >= 0.6 is 0 Å². The predicted molar refractivity (Wildman–Crippen MR) is 72.4 cm³/mol. The quantitative estimate of drug-likeness (QED) is 0.877. The van der Waals surface area contributed by atoms with Crippen LogP contribution < -0.4 is 5.32 Å². The van der Waals surface area contributed by atoms with E-state index in [1.807, 2.05) is 24.7 Å². The Hall–Kier alpha value is -1.68. The molecule has 4 heteroatoms. The van der Waals surface area contributed by atoms with E-state index in [2.05, 4.69) is 46.7 Å². The second kappa shape index (κ2) is 5.78. The van der Waals surface area contributed by atoms with Crippen molar-refractivity contribution in [2.45, 2.75) is 33.4 Å². The van der Waals surface area contributed by atoms with Crippen LogP contribution in [0.5, 0.6) is 0 Å². The second-order valence-corrected chi connectivity index (χ2v) is 4.27. The minimum absolute atomic E-state index is 0.0612. The SMILES string of the molecule is CCNC(c1ncccc1C)c1nccn1CC. The molecule has 0 aliphatic rings. The first kappa shape index (κ1) is 12.8. The molecule has 0 saturated heterocycles. The Morgan fingerprint density at radius 2 is 2.11 bits per heavy atom. The molecule has 96 valence electrons. The number of aromatic nitrogens is 3. The zero-order valence-electron chi connectivity index (χ0n) is 11.2. The molecule has 0 saturated carbocycles. The largest absolute Gasteiger partial charge is 0.334 e.